The van der Waals surface area contributed by atoms with Gasteiger partial charge in [-0.1, -0.05) is 51.1 Å². The van der Waals surface area contributed by atoms with Gasteiger partial charge in [0.05, 0.1) is 11.4 Å². The molecule has 0 amide bonds. The standard InChI is InChI=1S/C20H25N3/c1-13(2)16-8-10-17(11-9-16)19-20(14(3)12-21)23-15(4)6-5-7-18(23)22-19/h5-11,13-14H,12,21H2,1-4H3. The topological polar surface area (TPSA) is 43.3 Å². The van der Waals surface area contributed by atoms with Crippen molar-refractivity contribution in [1.82, 2.24) is 9.38 Å². The number of hydrogen-bond acceptors (Lipinski definition) is 2. The van der Waals surface area contributed by atoms with Crippen LogP contribution < -0.4 is 5.73 Å². The third-order valence-electron chi connectivity index (χ3n) is 4.55. The molecule has 2 heterocycles. The van der Waals surface area contributed by atoms with Crippen LogP contribution in [0.5, 0.6) is 0 Å². The SMILES string of the molecule is Cc1cccc2nc(-c3ccc(C(C)C)cc3)c(C(C)CN)n12. The lowest BCUT2D eigenvalue weighted by molar-refractivity contribution is 0.733. The molecule has 0 spiro atoms. The van der Waals surface area contributed by atoms with Gasteiger partial charge in [0.2, 0.25) is 0 Å². The fourth-order valence-corrected chi connectivity index (χ4v) is 3.09. The van der Waals surface area contributed by atoms with E-state index in [9.17, 15) is 0 Å². The van der Waals surface area contributed by atoms with E-state index in [2.05, 4.69) is 74.6 Å². The number of hydrogen-bond donors (Lipinski definition) is 1. The van der Waals surface area contributed by atoms with E-state index in [1.807, 2.05) is 0 Å². The van der Waals surface area contributed by atoms with Gasteiger partial charge in [-0.3, -0.25) is 0 Å². The maximum absolute atomic E-state index is 5.97. The Hall–Kier alpha value is -2.13. The van der Waals surface area contributed by atoms with Gasteiger partial charge >= 0.3 is 0 Å². The van der Waals surface area contributed by atoms with E-state index >= 15 is 0 Å². The first-order chi connectivity index (χ1) is 11.0. The van der Waals surface area contributed by atoms with E-state index < -0.39 is 0 Å². The molecular formula is C20H25N3. The Bertz CT molecular complexity index is 813. The molecule has 3 aromatic rings. The summed E-state index contributed by atoms with van der Waals surface area (Å²) in [7, 11) is 0. The summed E-state index contributed by atoms with van der Waals surface area (Å²) >= 11 is 0. The average molecular weight is 307 g/mol. The second-order valence-electron chi connectivity index (χ2n) is 6.62. The van der Waals surface area contributed by atoms with Gasteiger partial charge in [0, 0.05) is 23.7 Å². The molecule has 1 atom stereocenters. The number of aryl methyl sites for hydroxylation is 1. The van der Waals surface area contributed by atoms with Crippen molar-refractivity contribution in [3.8, 4) is 11.3 Å². The molecule has 0 saturated heterocycles. The summed E-state index contributed by atoms with van der Waals surface area (Å²) in [6.07, 6.45) is 0. The largest absolute Gasteiger partial charge is 0.330 e. The monoisotopic (exact) mass is 307 g/mol. The van der Waals surface area contributed by atoms with E-state index in [4.69, 9.17) is 10.7 Å². The lowest BCUT2D eigenvalue weighted by Crippen LogP contribution is -2.12. The van der Waals surface area contributed by atoms with Crippen LogP contribution in [0.4, 0.5) is 0 Å². The van der Waals surface area contributed by atoms with Crippen molar-refractivity contribution in [3.63, 3.8) is 0 Å². The molecule has 2 N–H and O–H groups in total. The molecule has 0 fully saturated rings. The number of benzene rings is 1. The predicted molar refractivity (Wildman–Crippen MR) is 96.9 cm³/mol. The summed E-state index contributed by atoms with van der Waals surface area (Å²) < 4.78 is 2.24. The zero-order chi connectivity index (χ0) is 16.6. The van der Waals surface area contributed by atoms with Gasteiger partial charge in [0.15, 0.2) is 0 Å². The summed E-state index contributed by atoms with van der Waals surface area (Å²) in [5, 5.41) is 0. The second kappa shape index (κ2) is 6.17. The molecule has 0 aliphatic carbocycles. The molecule has 3 heteroatoms. The number of nitrogens with two attached hydrogens (primary N) is 1. The van der Waals surface area contributed by atoms with Crippen molar-refractivity contribution < 1.29 is 0 Å². The predicted octanol–water partition coefficient (Wildman–Crippen LogP) is 4.50. The third kappa shape index (κ3) is 2.77. The molecule has 0 saturated carbocycles. The summed E-state index contributed by atoms with van der Waals surface area (Å²) in [5.74, 6) is 0.792. The van der Waals surface area contributed by atoms with Gasteiger partial charge in [-0.25, -0.2) is 4.98 Å². The third-order valence-corrected chi connectivity index (χ3v) is 4.55. The van der Waals surface area contributed by atoms with Crippen molar-refractivity contribution in [2.75, 3.05) is 6.54 Å². The normalized spacial score (nSPS) is 13.0. The lowest BCUT2D eigenvalue weighted by Gasteiger charge is -2.13. The van der Waals surface area contributed by atoms with Crippen molar-refractivity contribution in [3.05, 3.63) is 59.4 Å². The van der Waals surface area contributed by atoms with Gasteiger partial charge in [0.25, 0.3) is 0 Å². The van der Waals surface area contributed by atoms with Crippen molar-refractivity contribution in [2.24, 2.45) is 5.73 Å². The summed E-state index contributed by atoms with van der Waals surface area (Å²) in [6, 6.07) is 15.0. The molecule has 23 heavy (non-hydrogen) atoms. The molecule has 0 aliphatic rings. The van der Waals surface area contributed by atoms with Crippen LogP contribution in [0, 0.1) is 6.92 Å². The number of nitrogens with zero attached hydrogens (tertiary/aromatic N) is 2. The molecule has 120 valence electrons. The Morgan fingerprint density at radius 3 is 2.35 bits per heavy atom. The Morgan fingerprint density at radius 1 is 1.04 bits per heavy atom. The van der Waals surface area contributed by atoms with E-state index in [1.54, 1.807) is 0 Å². The first-order valence-corrected chi connectivity index (χ1v) is 8.31. The highest BCUT2D eigenvalue weighted by Gasteiger charge is 2.19. The Labute approximate surface area is 138 Å². The van der Waals surface area contributed by atoms with Crippen molar-refractivity contribution in [1.29, 1.82) is 0 Å². The number of rotatable bonds is 4. The smallest absolute Gasteiger partial charge is 0.137 e. The minimum atomic E-state index is 0.255. The molecule has 3 nitrogen and oxygen atoms in total. The van der Waals surface area contributed by atoms with Gasteiger partial charge in [-0.15, -0.1) is 0 Å². The Balaban J connectivity index is 2.22. The molecule has 3 rings (SSSR count). The fraction of sp³-hybridized carbons (Fsp3) is 0.350. The van der Waals surface area contributed by atoms with Gasteiger partial charge in [-0.05, 0) is 30.5 Å². The highest BCUT2D eigenvalue weighted by Crippen LogP contribution is 2.31. The van der Waals surface area contributed by atoms with Crippen LogP contribution in [-0.4, -0.2) is 15.9 Å². The number of aromatic nitrogens is 2. The summed E-state index contributed by atoms with van der Waals surface area (Å²) in [5.41, 5.74) is 12.9. The Kier molecular flexibility index (Phi) is 4.22. The van der Waals surface area contributed by atoms with Gasteiger partial charge in [0.1, 0.15) is 5.65 Å². The summed E-state index contributed by atoms with van der Waals surface area (Å²) in [4.78, 5) is 4.89. The van der Waals surface area contributed by atoms with Crippen LogP contribution in [0.2, 0.25) is 0 Å². The Morgan fingerprint density at radius 2 is 1.74 bits per heavy atom. The quantitative estimate of drug-likeness (QED) is 0.771. The first-order valence-electron chi connectivity index (χ1n) is 8.31. The van der Waals surface area contributed by atoms with E-state index in [0.717, 1.165) is 16.9 Å². The number of fused-ring (bicyclic) bond motifs is 1. The zero-order valence-corrected chi connectivity index (χ0v) is 14.4. The molecule has 0 aliphatic heterocycles. The average Bonchev–Trinajstić information content (AvgIpc) is 2.95. The maximum Gasteiger partial charge on any atom is 0.137 e. The van der Waals surface area contributed by atoms with E-state index in [0.29, 0.717) is 12.5 Å². The first kappa shape index (κ1) is 15.8. The lowest BCUT2D eigenvalue weighted by atomic mass is 9.98. The molecular weight excluding hydrogens is 282 g/mol. The minimum Gasteiger partial charge on any atom is -0.330 e. The fourth-order valence-electron chi connectivity index (χ4n) is 3.09. The van der Waals surface area contributed by atoms with E-state index in [1.165, 1.54) is 17.0 Å². The molecule has 1 aromatic carbocycles. The molecule has 0 bridgehead atoms. The highest BCUT2D eigenvalue weighted by molar-refractivity contribution is 5.68. The number of pyridine rings is 1. The molecule has 1 unspecified atom stereocenters. The maximum atomic E-state index is 5.97. The van der Waals surface area contributed by atoms with E-state index in [-0.39, 0.29) is 5.92 Å². The highest BCUT2D eigenvalue weighted by atomic mass is 15.0. The molecule has 2 aromatic heterocycles. The van der Waals surface area contributed by atoms with Crippen LogP contribution >= 0.6 is 0 Å². The van der Waals surface area contributed by atoms with Gasteiger partial charge < -0.3 is 10.1 Å². The van der Waals surface area contributed by atoms with Crippen LogP contribution in [0.25, 0.3) is 16.9 Å². The zero-order valence-electron chi connectivity index (χ0n) is 14.4. The minimum absolute atomic E-state index is 0.255. The van der Waals surface area contributed by atoms with Gasteiger partial charge in [-0.2, -0.15) is 0 Å². The van der Waals surface area contributed by atoms with Crippen molar-refractivity contribution >= 4 is 5.65 Å². The van der Waals surface area contributed by atoms with Crippen molar-refractivity contribution in [2.45, 2.75) is 39.5 Å². The van der Waals surface area contributed by atoms with Crippen LogP contribution in [0.15, 0.2) is 42.5 Å². The number of imidazole rings is 1. The van der Waals surface area contributed by atoms with Crippen LogP contribution in [0.3, 0.4) is 0 Å². The van der Waals surface area contributed by atoms with Crippen LogP contribution in [-0.2, 0) is 0 Å². The summed E-state index contributed by atoms with van der Waals surface area (Å²) in [6.45, 7) is 9.32. The second-order valence-corrected chi connectivity index (χ2v) is 6.62. The molecule has 0 radical (unpaired) electrons. The van der Waals surface area contributed by atoms with Crippen LogP contribution in [0.1, 0.15) is 49.6 Å².